The molecule has 0 saturated carbocycles. The van der Waals surface area contributed by atoms with Crippen LogP contribution in [-0.4, -0.2) is 37.6 Å². The molecule has 7 heteroatoms. The summed E-state index contributed by atoms with van der Waals surface area (Å²) in [5.74, 6) is 0. The van der Waals surface area contributed by atoms with Crippen molar-refractivity contribution in [3.05, 3.63) is 46.4 Å². The topological polar surface area (TPSA) is 53.5 Å². The lowest BCUT2D eigenvalue weighted by Gasteiger charge is -2.22. The van der Waals surface area contributed by atoms with Gasteiger partial charge < -0.3 is 0 Å². The molecule has 3 rings (SSSR count). The highest BCUT2D eigenvalue weighted by Crippen LogP contribution is 2.27. The Labute approximate surface area is 128 Å². The third-order valence-corrected chi connectivity index (χ3v) is 5.46. The maximum absolute atomic E-state index is 12.0. The zero-order chi connectivity index (χ0) is 14.9. The van der Waals surface area contributed by atoms with E-state index in [4.69, 9.17) is 0 Å². The molecule has 0 bridgehead atoms. The fourth-order valence-corrected chi connectivity index (χ4v) is 4.17. The molecule has 1 aromatic heterocycles. The van der Waals surface area contributed by atoms with Crippen molar-refractivity contribution in [3.63, 3.8) is 0 Å². The number of anilines is 1. The molecule has 0 radical (unpaired) electrons. The molecule has 0 unspecified atom stereocenters. The molecule has 0 spiro atoms. The van der Waals surface area contributed by atoms with Gasteiger partial charge in [0.25, 0.3) is 0 Å². The predicted molar refractivity (Wildman–Crippen MR) is 84.9 cm³/mol. The summed E-state index contributed by atoms with van der Waals surface area (Å²) >= 11 is 1.63. The Kier molecular flexibility index (Phi) is 3.97. The van der Waals surface area contributed by atoms with Crippen molar-refractivity contribution in [2.45, 2.75) is 13.1 Å². The highest BCUT2D eigenvalue weighted by atomic mass is 32.2. The van der Waals surface area contributed by atoms with E-state index in [-0.39, 0.29) is 0 Å². The average Bonchev–Trinajstić information content (AvgIpc) is 2.84. The molecule has 112 valence electrons. The Morgan fingerprint density at radius 2 is 2.10 bits per heavy atom. The third kappa shape index (κ3) is 3.25. The van der Waals surface area contributed by atoms with Gasteiger partial charge >= 0.3 is 0 Å². The van der Waals surface area contributed by atoms with Crippen molar-refractivity contribution in [3.8, 4) is 0 Å². The molecular formula is C14H17N3O2S2. The Morgan fingerprint density at radius 3 is 2.81 bits per heavy atom. The number of benzene rings is 1. The van der Waals surface area contributed by atoms with Gasteiger partial charge in [-0.2, -0.15) is 0 Å². The van der Waals surface area contributed by atoms with Crippen LogP contribution >= 0.6 is 11.3 Å². The lowest BCUT2D eigenvalue weighted by Crippen LogP contribution is -2.35. The minimum atomic E-state index is -3.25. The number of para-hydroxylation sites is 1. The Balaban J connectivity index is 1.90. The van der Waals surface area contributed by atoms with Crippen molar-refractivity contribution in [2.24, 2.45) is 0 Å². The SMILES string of the molecule is CS(=O)(=O)N1CCN(Cc2nccs2)Cc2ccccc21. The highest BCUT2D eigenvalue weighted by Gasteiger charge is 2.25. The van der Waals surface area contributed by atoms with E-state index in [1.165, 1.54) is 10.6 Å². The molecule has 2 aromatic rings. The first-order valence-corrected chi connectivity index (χ1v) is 9.43. The summed E-state index contributed by atoms with van der Waals surface area (Å²) < 4.78 is 25.5. The molecule has 21 heavy (non-hydrogen) atoms. The predicted octanol–water partition coefficient (Wildman–Crippen LogP) is 1.92. The van der Waals surface area contributed by atoms with Gasteiger partial charge in [0.15, 0.2) is 0 Å². The average molecular weight is 323 g/mol. The zero-order valence-corrected chi connectivity index (χ0v) is 13.4. The summed E-state index contributed by atoms with van der Waals surface area (Å²) in [6.45, 7) is 2.66. The van der Waals surface area contributed by atoms with E-state index >= 15 is 0 Å². The molecule has 0 saturated heterocycles. The summed E-state index contributed by atoms with van der Waals surface area (Å²) in [5.41, 5.74) is 1.83. The van der Waals surface area contributed by atoms with Gasteiger partial charge in [-0.3, -0.25) is 9.21 Å². The minimum absolute atomic E-state index is 0.473. The summed E-state index contributed by atoms with van der Waals surface area (Å²) in [6.07, 6.45) is 3.06. The van der Waals surface area contributed by atoms with Crippen molar-refractivity contribution in [1.82, 2.24) is 9.88 Å². The highest BCUT2D eigenvalue weighted by molar-refractivity contribution is 7.92. The van der Waals surface area contributed by atoms with Gasteiger partial charge in [-0.15, -0.1) is 11.3 Å². The van der Waals surface area contributed by atoms with E-state index in [1.807, 2.05) is 29.6 Å². The lowest BCUT2D eigenvalue weighted by atomic mass is 10.2. The number of aromatic nitrogens is 1. The van der Waals surface area contributed by atoms with Crippen LogP contribution in [0.4, 0.5) is 5.69 Å². The van der Waals surface area contributed by atoms with Gasteiger partial charge in [0.1, 0.15) is 5.01 Å². The largest absolute Gasteiger partial charge is 0.291 e. The van der Waals surface area contributed by atoms with Gasteiger partial charge in [0.2, 0.25) is 10.0 Å². The Hall–Kier alpha value is -1.44. The van der Waals surface area contributed by atoms with E-state index < -0.39 is 10.0 Å². The van der Waals surface area contributed by atoms with Gasteiger partial charge in [-0.25, -0.2) is 13.4 Å². The second kappa shape index (κ2) is 5.75. The standard InChI is InChI=1S/C14H17N3O2S2/c1-21(18,19)17-8-7-16(11-14-15-6-9-20-14)10-12-4-2-3-5-13(12)17/h2-6,9H,7-8,10-11H2,1H3. The Bertz CT molecular complexity index is 714. The van der Waals surface area contributed by atoms with Crippen LogP contribution < -0.4 is 4.31 Å². The number of fused-ring (bicyclic) bond motifs is 1. The third-order valence-electron chi connectivity index (χ3n) is 3.52. The molecule has 0 aliphatic carbocycles. The van der Waals surface area contributed by atoms with Gasteiger partial charge in [0, 0.05) is 31.2 Å². The second-order valence-electron chi connectivity index (χ2n) is 5.10. The molecular weight excluding hydrogens is 306 g/mol. The van der Waals surface area contributed by atoms with Gasteiger partial charge in [0.05, 0.1) is 18.5 Å². The first-order chi connectivity index (χ1) is 10.0. The monoisotopic (exact) mass is 323 g/mol. The van der Waals surface area contributed by atoms with Crippen LogP contribution in [0.25, 0.3) is 0 Å². The fraction of sp³-hybridized carbons (Fsp3) is 0.357. The molecule has 0 fully saturated rings. The molecule has 0 amide bonds. The maximum atomic E-state index is 12.0. The van der Waals surface area contributed by atoms with Crippen molar-refractivity contribution < 1.29 is 8.42 Å². The maximum Gasteiger partial charge on any atom is 0.232 e. The normalized spacial score (nSPS) is 16.5. The first-order valence-electron chi connectivity index (χ1n) is 6.70. The lowest BCUT2D eigenvalue weighted by molar-refractivity contribution is 0.270. The molecule has 2 heterocycles. The quantitative estimate of drug-likeness (QED) is 0.866. The smallest absolute Gasteiger partial charge is 0.232 e. The van der Waals surface area contributed by atoms with Crippen molar-refractivity contribution in [2.75, 3.05) is 23.7 Å². The molecule has 5 nitrogen and oxygen atoms in total. The molecule has 1 aliphatic heterocycles. The van der Waals surface area contributed by atoms with Crippen LogP contribution in [0.5, 0.6) is 0 Å². The molecule has 0 atom stereocenters. The summed E-state index contributed by atoms with van der Waals surface area (Å²) in [6, 6.07) is 7.71. The molecule has 0 N–H and O–H groups in total. The summed E-state index contributed by atoms with van der Waals surface area (Å²) in [5, 5.41) is 3.02. The van der Waals surface area contributed by atoms with E-state index in [0.29, 0.717) is 13.1 Å². The van der Waals surface area contributed by atoms with Gasteiger partial charge in [-0.05, 0) is 11.6 Å². The van der Waals surface area contributed by atoms with Crippen LogP contribution in [0.15, 0.2) is 35.8 Å². The number of sulfonamides is 1. The van der Waals surface area contributed by atoms with Crippen LogP contribution in [0, 0.1) is 0 Å². The Morgan fingerprint density at radius 1 is 1.29 bits per heavy atom. The van der Waals surface area contributed by atoms with E-state index in [9.17, 15) is 8.42 Å². The van der Waals surface area contributed by atoms with Gasteiger partial charge in [-0.1, -0.05) is 18.2 Å². The van der Waals surface area contributed by atoms with E-state index in [1.54, 1.807) is 17.5 Å². The van der Waals surface area contributed by atoms with Crippen molar-refractivity contribution >= 4 is 27.0 Å². The van der Waals surface area contributed by atoms with Crippen molar-refractivity contribution in [1.29, 1.82) is 0 Å². The van der Waals surface area contributed by atoms with E-state index in [2.05, 4.69) is 9.88 Å². The number of thiazole rings is 1. The zero-order valence-electron chi connectivity index (χ0n) is 11.8. The minimum Gasteiger partial charge on any atom is -0.291 e. The fourth-order valence-electron chi connectivity index (χ4n) is 2.56. The summed E-state index contributed by atoms with van der Waals surface area (Å²) in [4.78, 5) is 6.55. The van der Waals surface area contributed by atoms with Crippen LogP contribution in [0.1, 0.15) is 10.6 Å². The molecule has 1 aromatic carbocycles. The number of hydrogen-bond acceptors (Lipinski definition) is 5. The van der Waals surface area contributed by atoms with Crippen LogP contribution in [-0.2, 0) is 23.1 Å². The second-order valence-corrected chi connectivity index (χ2v) is 7.99. The summed E-state index contributed by atoms with van der Waals surface area (Å²) in [7, 11) is -3.25. The van der Waals surface area contributed by atoms with E-state index in [0.717, 1.165) is 29.3 Å². The number of hydrogen-bond donors (Lipinski definition) is 0. The van der Waals surface area contributed by atoms with Crippen LogP contribution in [0.2, 0.25) is 0 Å². The van der Waals surface area contributed by atoms with Crippen LogP contribution in [0.3, 0.4) is 0 Å². The molecule has 1 aliphatic rings. The first kappa shape index (κ1) is 14.5. The number of rotatable bonds is 3. The number of nitrogens with zero attached hydrogens (tertiary/aromatic N) is 3.